The Labute approximate surface area is 162 Å². The average molecular weight is 380 g/mol. The summed E-state index contributed by atoms with van der Waals surface area (Å²) in [5.41, 5.74) is 2.53. The van der Waals surface area contributed by atoms with E-state index in [4.69, 9.17) is 4.52 Å². The fourth-order valence-corrected chi connectivity index (χ4v) is 3.79. The summed E-state index contributed by atoms with van der Waals surface area (Å²) in [6.45, 7) is 4.74. The van der Waals surface area contributed by atoms with Gasteiger partial charge in [-0.05, 0) is 37.3 Å². The summed E-state index contributed by atoms with van der Waals surface area (Å²) in [4.78, 5) is 31.0. The summed E-state index contributed by atoms with van der Waals surface area (Å²) >= 11 is 0. The number of aromatic nitrogens is 4. The van der Waals surface area contributed by atoms with Gasteiger partial charge in [-0.3, -0.25) is 13.9 Å². The molecule has 7 heteroatoms. The molecule has 0 amide bonds. The molecule has 3 heterocycles. The second-order valence-corrected chi connectivity index (χ2v) is 7.25. The van der Waals surface area contributed by atoms with E-state index in [9.17, 15) is 9.59 Å². The molecule has 4 rings (SSSR count). The molecule has 0 atom stereocenters. The minimum atomic E-state index is -0.343. The van der Waals surface area contributed by atoms with Gasteiger partial charge in [0.15, 0.2) is 0 Å². The van der Waals surface area contributed by atoms with E-state index in [-0.39, 0.29) is 23.6 Å². The van der Waals surface area contributed by atoms with Crippen molar-refractivity contribution in [1.82, 2.24) is 19.3 Å². The lowest BCUT2D eigenvalue weighted by Gasteiger charge is -2.16. The normalized spacial score (nSPS) is 13.9. The molecule has 2 aromatic heterocycles. The highest BCUT2D eigenvalue weighted by Crippen LogP contribution is 2.22. The topological polar surface area (TPSA) is 82.9 Å². The minimum absolute atomic E-state index is 0.232. The molecule has 1 aromatic carbocycles. The Morgan fingerprint density at radius 1 is 1.14 bits per heavy atom. The van der Waals surface area contributed by atoms with E-state index < -0.39 is 0 Å². The van der Waals surface area contributed by atoms with Crippen LogP contribution in [-0.4, -0.2) is 19.3 Å². The number of rotatable bonds is 4. The summed E-state index contributed by atoms with van der Waals surface area (Å²) < 4.78 is 8.31. The zero-order valence-electron chi connectivity index (χ0n) is 16.3. The predicted octanol–water partition coefficient (Wildman–Crippen LogP) is 2.71. The first-order valence-electron chi connectivity index (χ1n) is 9.84. The molecule has 1 aliphatic heterocycles. The van der Waals surface area contributed by atoms with Crippen LogP contribution in [0.15, 0.2) is 38.4 Å². The first kappa shape index (κ1) is 18.4. The molecule has 0 aliphatic carbocycles. The van der Waals surface area contributed by atoms with Gasteiger partial charge in [-0.2, -0.15) is 4.98 Å². The molecule has 1 aliphatic rings. The summed E-state index contributed by atoms with van der Waals surface area (Å²) in [6, 6.07) is 7.79. The third-order valence-electron chi connectivity index (χ3n) is 5.41. The molecule has 0 radical (unpaired) electrons. The fraction of sp³-hybridized carbons (Fsp3) is 0.429. The molecule has 0 spiro atoms. The van der Waals surface area contributed by atoms with Crippen molar-refractivity contribution >= 4 is 0 Å². The molecule has 0 saturated heterocycles. The van der Waals surface area contributed by atoms with E-state index in [1.54, 1.807) is 4.57 Å². The summed E-state index contributed by atoms with van der Waals surface area (Å²) in [5.74, 6) is 0.768. The molecule has 7 nitrogen and oxygen atoms in total. The number of aryl methyl sites for hydroxylation is 2. The lowest BCUT2D eigenvalue weighted by molar-refractivity contribution is 0.382. The highest BCUT2D eigenvalue weighted by Gasteiger charge is 2.25. The zero-order chi connectivity index (χ0) is 19.7. The van der Waals surface area contributed by atoms with Gasteiger partial charge in [0.2, 0.25) is 11.7 Å². The SMILES string of the molecule is CCc1nc(-c2c3n(c(=O)n(Cc4ccccc4C)c2=O)CCCCC3)no1. The fourth-order valence-electron chi connectivity index (χ4n) is 3.79. The molecule has 3 aromatic rings. The van der Waals surface area contributed by atoms with E-state index in [0.717, 1.165) is 36.1 Å². The number of nitrogens with zero attached hydrogens (tertiary/aromatic N) is 4. The maximum atomic E-state index is 13.4. The van der Waals surface area contributed by atoms with Gasteiger partial charge in [-0.1, -0.05) is 42.8 Å². The molecule has 0 fully saturated rings. The zero-order valence-corrected chi connectivity index (χ0v) is 16.3. The smallest absolute Gasteiger partial charge is 0.331 e. The van der Waals surface area contributed by atoms with Crippen molar-refractivity contribution < 1.29 is 4.52 Å². The molecular weight excluding hydrogens is 356 g/mol. The summed E-state index contributed by atoms with van der Waals surface area (Å²) in [7, 11) is 0. The minimum Gasteiger partial charge on any atom is -0.339 e. The number of hydrogen-bond acceptors (Lipinski definition) is 5. The van der Waals surface area contributed by atoms with Crippen LogP contribution in [0.5, 0.6) is 0 Å². The lowest BCUT2D eigenvalue weighted by atomic mass is 10.1. The average Bonchev–Trinajstić information content (AvgIpc) is 3.03. The largest absolute Gasteiger partial charge is 0.339 e. The van der Waals surface area contributed by atoms with Crippen LogP contribution in [-0.2, 0) is 25.9 Å². The van der Waals surface area contributed by atoms with E-state index in [1.807, 2.05) is 38.1 Å². The monoisotopic (exact) mass is 380 g/mol. The Bertz CT molecular complexity index is 1120. The van der Waals surface area contributed by atoms with Crippen LogP contribution in [0.4, 0.5) is 0 Å². The Kier molecular flexibility index (Phi) is 4.98. The standard InChI is InChI=1S/C21H24N4O3/c1-3-17-22-19(23-28-17)18-16-11-5-4-8-12-24(16)21(27)25(20(18)26)13-15-10-7-6-9-14(15)2/h6-7,9-10H,3-5,8,11-13H2,1-2H3. The predicted molar refractivity (Wildman–Crippen MR) is 105 cm³/mol. The van der Waals surface area contributed by atoms with Crippen LogP contribution < -0.4 is 11.2 Å². The Morgan fingerprint density at radius 3 is 2.71 bits per heavy atom. The highest BCUT2D eigenvalue weighted by molar-refractivity contribution is 5.56. The van der Waals surface area contributed by atoms with E-state index >= 15 is 0 Å². The first-order valence-corrected chi connectivity index (χ1v) is 9.84. The highest BCUT2D eigenvalue weighted by atomic mass is 16.5. The van der Waals surface area contributed by atoms with Gasteiger partial charge in [-0.25, -0.2) is 4.79 Å². The van der Waals surface area contributed by atoms with Crippen LogP contribution in [0.25, 0.3) is 11.4 Å². The van der Waals surface area contributed by atoms with Crippen LogP contribution in [0.3, 0.4) is 0 Å². The van der Waals surface area contributed by atoms with Gasteiger partial charge >= 0.3 is 5.69 Å². The van der Waals surface area contributed by atoms with E-state index in [0.29, 0.717) is 30.8 Å². The summed E-state index contributed by atoms with van der Waals surface area (Å²) in [6.07, 6.45) is 4.15. The van der Waals surface area contributed by atoms with Gasteiger partial charge in [0.05, 0.1) is 6.54 Å². The molecule has 0 saturated carbocycles. The summed E-state index contributed by atoms with van der Waals surface area (Å²) in [5, 5.41) is 4.04. The third-order valence-corrected chi connectivity index (χ3v) is 5.41. The van der Waals surface area contributed by atoms with E-state index in [2.05, 4.69) is 10.1 Å². The molecule has 0 N–H and O–H groups in total. The van der Waals surface area contributed by atoms with Gasteiger partial charge in [0.1, 0.15) is 5.56 Å². The van der Waals surface area contributed by atoms with Gasteiger partial charge in [0.25, 0.3) is 5.56 Å². The lowest BCUT2D eigenvalue weighted by Crippen LogP contribution is -2.43. The van der Waals surface area contributed by atoms with Crippen LogP contribution in [0.1, 0.15) is 48.9 Å². The first-order chi connectivity index (χ1) is 13.6. The van der Waals surface area contributed by atoms with Crippen molar-refractivity contribution in [2.75, 3.05) is 0 Å². The van der Waals surface area contributed by atoms with Gasteiger partial charge < -0.3 is 4.52 Å². The van der Waals surface area contributed by atoms with Crippen molar-refractivity contribution in [2.24, 2.45) is 0 Å². The Morgan fingerprint density at radius 2 is 1.96 bits per heavy atom. The quantitative estimate of drug-likeness (QED) is 0.695. The molecule has 28 heavy (non-hydrogen) atoms. The molecular formula is C21H24N4O3. The van der Waals surface area contributed by atoms with Crippen LogP contribution in [0, 0.1) is 6.92 Å². The molecule has 0 unspecified atom stereocenters. The molecule has 146 valence electrons. The maximum absolute atomic E-state index is 13.4. The number of hydrogen-bond donors (Lipinski definition) is 0. The van der Waals surface area contributed by atoms with Crippen molar-refractivity contribution in [3.05, 3.63) is 67.8 Å². The maximum Gasteiger partial charge on any atom is 0.331 e. The van der Waals surface area contributed by atoms with Crippen molar-refractivity contribution in [3.63, 3.8) is 0 Å². The second kappa shape index (κ2) is 7.58. The molecule has 0 bridgehead atoms. The van der Waals surface area contributed by atoms with Crippen LogP contribution in [0.2, 0.25) is 0 Å². The van der Waals surface area contributed by atoms with Crippen LogP contribution >= 0.6 is 0 Å². The van der Waals surface area contributed by atoms with Crippen molar-refractivity contribution in [2.45, 2.75) is 59.0 Å². The van der Waals surface area contributed by atoms with Gasteiger partial charge in [-0.15, -0.1) is 0 Å². The number of fused-ring (bicyclic) bond motifs is 1. The Balaban J connectivity index is 1.95. The second-order valence-electron chi connectivity index (χ2n) is 7.25. The van der Waals surface area contributed by atoms with Gasteiger partial charge in [0, 0.05) is 18.7 Å². The third kappa shape index (κ3) is 3.21. The number of benzene rings is 1. The van der Waals surface area contributed by atoms with E-state index in [1.165, 1.54) is 4.57 Å². The van der Waals surface area contributed by atoms with Crippen molar-refractivity contribution in [3.8, 4) is 11.4 Å². The van der Waals surface area contributed by atoms with Crippen molar-refractivity contribution in [1.29, 1.82) is 0 Å². The Hall–Kier alpha value is -2.96.